The van der Waals surface area contributed by atoms with Crippen LogP contribution in [0, 0.1) is 10.1 Å². The van der Waals surface area contributed by atoms with Gasteiger partial charge in [0.25, 0.3) is 11.6 Å². The number of carbonyl (C=O) groups is 1. The number of hydrogen-bond donors (Lipinski definition) is 1. The Morgan fingerprint density at radius 1 is 1.31 bits per heavy atom. The zero-order valence-corrected chi connectivity index (χ0v) is 15.6. The zero-order chi connectivity index (χ0) is 18.7. The second-order valence-corrected chi connectivity index (χ2v) is 7.24. The third-order valence-corrected chi connectivity index (χ3v) is 5.16. The molecule has 0 unspecified atom stereocenters. The maximum absolute atomic E-state index is 12.4. The van der Waals surface area contributed by atoms with Crippen molar-refractivity contribution in [3.63, 3.8) is 0 Å². The number of aryl methyl sites for hydroxylation is 1. The van der Waals surface area contributed by atoms with Crippen LogP contribution in [0.15, 0.2) is 36.4 Å². The minimum atomic E-state index is -0.567. The van der Waals surface area contributed by atoms with Gasteiger partial charge in [0.2, 0.25) is 0 Å². The summed E-state index contributed by atoms with van der Waals surface area (Å²) in [6.07, 6.45) is 3.26. The Hall–Kier alpha value is -2.51. The van der Waals surface area contributed by atoms with Crippen molar-refractivity contribution in [1.82, 2.24) is 4.98 Å². The van der Waals surface area contributed by atoms with Gasteiger partial charge in [0.15, 0.2) is 5.13 Å². The predicted octanol–water partition coefficient (Wildman–Crippen LogP) is 5.45. The first kappa shape index (κ1) is 18.3. The zero-order valence-electron chi connectivity index (χ0n) is 14.0. The van der Waals surface area contributed by atoms with E-state index in [2.05, 4.69) is 23.3 Å². The summed E-state index contributed by atoms with van der Waals surface area (Å²) in [6.45, 7) is 2.15. The monoisotopic (exact) mass is 389 g/mol. The lowest BCUT2D eigenvalue weighted by Crippen LogP contribution is -2.12. The highest BCUT2D eigenvalue weighted by Crippen LogP contribution is 2.29. The van der Waals surface area contributed by atoms with Gasteiger partial charge in [-0.3, -0.25) is 20.2 Å². The number of halogens is 1. The molecule has 26 heavy (non-hydrogen) atoms. The molecule has 6 nitrogen and oxygen atoms in total. The van der Waals surface area contributed by atoms with E-state index < -0.39 is 10.8 Å². The van der Waals surface area contributed by atoms with Gasteiger partial charge in [0.1, 0.15) is 0 Å². The van der Waals surface area contributed by atoms with Crippen LogP contribution in [0.4, 0.5) is 10.8 Å². The predicted molar refractivity (Wildman–Crippen MR) is 104 cm³/mol. The van der Waals surface area contributed by atoms with E-state index in [0.717, 1.165) is 35.5 Å². The molecule has 8 heteroatoms. The van der Waals surface area contributed by atoms with Gasteiger partial charge in [-0.25, -0.2) is 4.98 Å². The van der Waals surface area contributed by atoms with Crippen molar-refractivity contribution in [2.45, 2.75) is 26.2 Å². The molecular formula is C18H16ClN3O3S. The van der Waals surface area contributed by atoms with Crippen molar-refractivity contribution in [2.75, 3.05) is 5.32 Å². The second kappa shape index (κ2) is 7.80. The van der Waals surface area contributed by atoms with Crippen LogP contribution in [0.5, 0.6) is 0 Å². The van der Waals surface area contributed by atoms with E-state index in [9.17, 15) is 14.9 Å². The van der Waals surface area contributed by atoms with Crippen molar-refractivity contribution < 1.29 is 9.72 Å². The van der Waals surface area contributed by atoms with Crippen LogP contribution in [0.3, 0.4) is 0 Å². The van der Waals surface area contributed by atoms with E-state index in [0.29, 0.717) is 5.13 Å². The third kappa shape index (κ3) is 4.00. The van der Waals surface area contributed by atoms with Gasteiger partial charge in [-0.2, -0.15) is 0 Å². The number of rotatable bonds is 6. The van der Waals surface area contributed by atoms with Crippen LogP contribution in [0.1, 0.15) is 35.7 Å². The van der Waals surface area contributed by atoms with E-state index in [1.165, 1.54) is 29.0 Å². The van der Waals surface area contributed by atoms with Crippen LogP contribution in [0.25, 0.3) is 10.2 Å². The topological polar surface area (TPSA) is 85.1 Å². The number of anilines is 1. The fourth-order valence-electron chi connectivity index (χ4n) is 2.52. The number of thiazole rings is 1. The molecule has 1 N–H and O–H groups in total. The fraction of sp³-hybridized carbons (Fsp3) is 0.222. The van der Waals surface area contributed by atoms with Crippen molar-refractivity contribution in [2.24, 2.45) is 0 Å². The number of aromatic nitrogens is 1. The quantitative estimate of drug-likeness (QED) is 0.448. The molecule has 1 heterocycles. The summed E-state index contributed by atoms with van der Waals surface area (Å²) < 4.78 is 0.985. The SMILES string of the molecule is CCCCc1ccc2nc(NC(=O)c3cc([N+](=O)[O-])ccc3Cl)sc2c1. The number of nitro benzene ring substituents is 1. The lowest BCUT2D eigenvalue weighted by Gasteiger charge is -2.03. The van der Waals surface area contributed by atoms with Crippen molar-refractivity contribution >= 4 is 49.9 Å². The largest absolute Gasteiger partial charge is 0.298 e. The highest BCUT2D eigenvalue weighted by molar-refractivity contribution is 7.22. The van der Waals surface area contributed by atoms with Crippen LogP contribution >= 0.6 is 22.9 Å². The number of amides is 1. The number of nitrogens with one attached hydrogen (secondary N) is 1. The Morgan fingerprint density at radius 2 is 2.12 bits per heavy atom. The number of nitrogens with zero attached hydrogens (tertiary/aromatic N) is 2. The number of carbonyl (C=O) groups excluding carboxylic acids is 1. The molecule has 3 aromatic rings. The summed E-state index contributed by atoms with van der Waals surface area (Å²) in [6, 6.07) is 9.82. The Kier molecular flexibility index (Phi) is 5.49. The van der Waals surface area contributed by atoms with Crippen molar-refractivity contribution in [3.05, 3.63) is 62.7 Å². The first-order valence-corrected chi connectivity index (χ1v) is 9.32. The highest BCUT2D eigenvalue weighted by atomic mass is 35.5. The van der Waals surface area contributed by atoms with Crippen molar-refractivity contribution in [3.8, 4) is 0 Å². The van der Waals surface area contributed by atoms with E-state index in [1.54, 1.807) is 0 Å². The van der Waals surface area contributed by atoms with Gasteiger partial charge in [0, 0.05) is 12.1 Å². The molecule has 1 amide bonds. The molecule has 0 atom stereocenters. The van der Waals surface area contributed by atoms with Gasteiger partial charge < -0.3 is 0 Å². The number of nitro groups is 1. The van der Waals surface area contributed by atoms with Gasteiger partial charge >= 0.3 is 0 Å². The maximum Gasteiger partial charge on any atom is 0.270 e. The molecule has 134 valence electrons. The smallest absolute Gasteiger partial charge is 0.270 e. The molecule has 0 aliphatic carbocycles. The Bertz CT molecular complexity index is 987. The first-order chi connectivity index (χ1) is 12.5. The molecule has 0 saturated heterocycles. The molecule has 0 spiro atoms. The fourth-order valence-corrected chi connectivity index (χ4v) is 3.65. The summed E-state index contributed by atoms with van der Waals surface area (Å²) in [5.41, 5.74) is 1.89. The summed E-state index contributed by atoms with van der Waals surface area (Å²) in [5, 5.41) is 14.1. The van der Waals surface area contributed by atoms with Crippen LogP contribution in [-0.4, -0.2) is 15.8 Å². The summed E-state index contributed by atoms with van der Waals surface area (Å²) in [7, 11) is 0. The maximum atomic E-state index is 12.4. The third-order valence-electron chi connectivity index (χ3n) is 3.90. The molecule has 0 saturated carbocycles. The van der Waals surface area contributed by atoms with Gasteiger partial charge in [-0.1, -0.05) is 42.3 Å². The molecule has 3 rings (SSSR count). The summed E-state index contributed by atoms with van der Waals surface area (Å²) in [5.74, 6) is -0.524. The molecular weight excluding hydrogens is 374 g/mol. The van der Waals surface area contributed by atoms with Gasteiger partial charge in [0.05, 0.1) is 25.7 Å². The average Bonchev–Trinajstić information content (AvgIpc) is 3.01. The highest BCUT2D eigenvalue weighted by Gasteiger charge is 2.17. The lowest BCUT2D eigenvalue weighted by atomic mass is 10.1. The first-order valence-electron chi connectivity index (χ1n) is 8.12. The average molecular weight is 390 g/mol. The standard InChI is InChI=1S/C18H16ClN3O3S/c1-2-3-4-11-5-8-15-16(9-11)26-18(20-15)21-17(23)13-10-12(22(24)25)6-7-14(13)19/h5-10H,2-4H2,1H3,(H,20,21,23). The van der Waals surface area contributed by atoms with Crippen LogP contribution in [0.2, 0.25) is 5.02 Å². The summed E-state index contributed by atoms with van der Waals surface area (Å²) in [4.78, 5) is 27.2. The van der Waals surface area contributed by atoms with Crippen LogP contribution in [-0.2, 0) is 6.42 Å². The number of unbranched alkanes of at least 4 members (excludes halogenated alkanes) is 1. The normalized spacial score (nSPS) is 10.8. The minimum Gasteiger partial charge on any atom is -0.298 e. The van der Waals surface area contributed by atoms with Gasteiger partial charge in [-0.15, -0.1) is 0 Å². The lowest BCUT2D eigenvalue weighted by molar-refractivity contribution is -0.384. The molecule has 1 aromatic heterocycles. The van der Waals surface area contributed by atoms with E-state index in [4.69, 9.17) is 11.6 Å². The molecule has 0 bridgehead atoms. The Morgan fingerprint density at radius 3 is 2.85 bits per heavy atom. The van der Waals surface area contributed by atoms with E-state index >= 15 is 0 Å². The molecule has 0 aliphatic rings. The Balaban J connectivity index is 1.83. The minimum absolute atomic E-state index is 0.0451. The second-order valence-electron chi connectivity index (χ2n) is 5.80. The number of fused-ring (bicyclic) bond motifs is 1. The van der Waals surface area contributed by atoms with Gasteiger partial charge in [-0.05, 0) is 36.6 Å². The van der Waals surface area contributed by atoms with E-state index in [-0.39, 0.29) is 16.3 Å². The molecule has 0 fully saturated rings. The number of hydrogen-bond acceptors (Lipinski definition) is 5. The van der Waals surface area contributed by atoms with Crippen LogP contribution < -0.4 is 5.32 Å². The molecule has 0 aliphatic heterocycles. The number of benzene rings is 2. The summed E-state index contributed by atoms with van der Waals surface area (Å²) >= 11 is 7.37. The Labute approximate surface area is 159 Å². The van der Waals surface area contributed by atoms with Crippen molar-refractivity contribution in [1.29, 1.82) is 0 Å². The molecule has 2 aromatic carbocycles. The number of non-ortho nitro benzene ring substituents is 1. The van der Waals surface area contributed by atoms with E-state index in [1.807, 2.05) is 12.1 Å². The molecule has 0 radical (unpaired) electrons.